The number of para-hydroxylation sites is 2. The van der Waals surface area contributed by atoms with Crippen LogP contribution in [0.25, 0.3) is 10.9 Å². The molecular weight excluding hydrogens is 284 g/mol. The maximum atomic E-state index is 12.7. The van der Waals surface area contributed by atoms with Crippen molar-refractivity contribution >= 4 is 22.5 Å². The van der Waals surface area contributed by atoms with Gasteiger partial charge in [0.15, 0.2) is 0 Å². The fourth-order valence-corrected chi connectivity index (χ4v) is 3.50. The second kappa shape index (κ2) is 5.43. The summed E-state index contributed by atoms with van der Waals surface area (Å²) in [7, 11) is 0. The number of H-pyrrole nitrogens is 1. The lowest BCUT2D eigenvalue weighted by molar-refractivity contribution is -0.114. The van der Waals surface area contributed by atoms with E-state index in [2.05, 4.69) is 23.2 Å². The Bertz CT molecular complexity index is 907. The number of amides is 1. The van der Waals surface area contributed by atoms with E-state index in [1.54, 1.807) is 12.2 Å². The second-order valence-corrected chi connectivity index (χ2v) is 5.85. The third-order valence-electron chi connectivity index (χ3n) is 4.50. The van der Waals surface area contributed by atoms with E-state index in [0.717, 1.165) is 17.6 Å². The van der Waals surface area contributed by atoms with E-state index in [1.807, 2.05) is 48.4 Å². The molecule has 2 heterocycles. The van der Waals surface area contributed by atoms with Crippen molar-refractivity contribution in [3.8, 4) is 0 Å². The summed E-state index contributed by atoms with van der Waals surface area (Å²) >= 11 is 0. The minimum Gasteiger partial charge on any atom is -0.361 e. The van der Waals surface area contributed by atoms with Crippen LogP contribution in [-0.2, 0) is 11.2 Å². The van der Waals surface area contributed by atoms with Gasteiger partial charge in [0.1, 0.15) is 0 Å². The lowest BCUT2D eigenvalue weighted by atomic mass is 10.0. The smallest absolute Gasteiger partial charge is 0.251 e. The Morgan fingerprint density at radius 2 is 1.96 bits per heavy atom. The van der Waals surface area contributed by atoms with Crippen LogP contribution in [0.3, 0.4) is 0 Å². The van der Waals surface area contributed by atoms with Gasteiger partial charge in [-0.3, -0.25) is 4.79 Å². The summed E-state index contributed by atoms with van der Waals surface area (Å²) in [5, 5.41) is 1.18. The molecule has 0 aliphatic carbocycles. The SMILES string of the molecule is C/C=C/C(=O)N1c2ccccc2C[C@@H]1c1c[nH]c2ccccc12. The highest BCUT2D eigenvalue weighted by Crippen LogP contribution is 2.42. The average Bonchev–Trinajstić information content (AvgIpc) is 3.16. The summed E-state index contributed by atoms with van der Waals surface area (Å²) < 4.78 is 0. The molecule has 114 valence electrons. The van der Waals surface area contributed by atoms with Crippen LogP contribution in [0, 0.1) is 0 Å². The van der Waals surface area contributed by atoms with Gasteiger partial charge in [-0.2, -0.15) is 0 Å². The van der Waals surface area contributed by atoms with E-state index in [9.17, 15) is 4.79 Å². The maximum absolute atomic E-state index is 12.7. The summed E-state index contributed by atoms with van der Waals surface area (Å²) in [6, 6.07) is 16.5. The number of aromatic nitrogens is 1. The monoisotopic (exact) mass is 302 g/mol. The van der Waals surface area contributed by atoms with Crippen LogP contribution in [0.15, 0.2) is 66.9 Å². The van der Waals surface area contributed by atoms with Crippen LogP contribution >= 0.6 is 0 Å². The van der Waals surface area contributed by atoms with E-state index in [4.69, 9.17) is 0 Å². The fourth-order valence-electron chi connectivity index (χ4n) is 3.50. The highest BCUT2D eigenvalue weighted by Gasteiger charge is 2.34. The zero-order valence-corrected chi connectivity index (χ0v) is 13.0. The number of aromatic amines is 1. The number of carbonyl (C=O) groups is 1. The van der Waals surface area contributed by atoms with Crippen molar-refractivity contribution in [2.75, 3.05) is 4.90 Å². The van der Waals surface area contributed by atoms with Gasteiger partial charge in [0, 0.05) is 28.4 Å². The molecule has 3 nitrogen and oxygen atoms in total. The normalized spacial score (nSPS) is 17.1. The Morgan fingerprint density at radius 3 is 2.83 bits per heavy atom. The third-order valence-corrected chi connectivity index (χ3v) is 4.50. The van der Waals surface area contributed by atoms with Crippen LogP contribution < -0.4 is 4.90 Å². The summed E-state index contributed by atoms with van der Waals surface area (Å²) in [6.07, 6.45) is 6.33. The number of benzene rings is 2. The average molecular weight is 302 g/mol. The predicted molar refractivity (Wildman–Crippen MR) is 93.5 cm³/mol. The number of allylic oxidation sites excluding steroid dienone is 1. The molecule has 0 radical (unpaired) electrons. The van der Waals surface area contributed by atoms with E-state index in [0.29, 0.717) is 0 Å². The van der Waals surface area contributed by atoms with E-state index in [1.165, 1.54) is 16.5 Å². The van der Waals surface area contributed by atoms with E-state index >= 15 is 0 Å². The van der Waals surface area contributed by atoms with Gasteiger partial charge >= 0.3 is 0 Å². The van der Waals surface area contributed by atoms with Crippen LogP contribution in [-0.4, -0.2) is 10.9 Å². The largest absolute Gasteiger partial charge is 0.361 e. The molecule has 1 atom stereocenters. The molecule has 0 fully saturated rings. The zero-order chi connectivity index (χ0) is 15.8. The number of anilines is 1. The third kappa shape index (κ3) is 2.16. The molecule has 3 aromatic rings. The number of hydrogen-bond acceptors (Lipinski definition) is 1. The minimum atomic E-state index is 0.0345. The van der Waals surface area contributed by atoms with Crippen molar-refractivity contribution in [3.05, 3.63) is 78.0 Å². The second-order valence-electron chi connectivity index (χ2n) is 5.85. The molecule has 0 spiro atoms. The first-order chi connectivity index (χ1) is 11.3. The summed E-state index contributed by atoms with van der Waals surface area (Å²) in [4.78, 5) is 17.9. The standard InChI is InChI=1S/C20H18N2O/c1-2-7-20(23)22-18-11-6-3-8-14(18)12-19(22)16-13-21-17-10-5-4-9-15(16)17/h2-11,13,19,21H,12H2,1H3/b7-2+/t19-/m1/s1. The summed E-state index contributed by atoms with van der Waals surface area (Å²) in [5.41, 5.74) is 4.53. The first kappa shape index (κ1) is 13.8. The van der Waals surface area contributed by atoms with Gasteiger partial charge in [-0.1, -0.05) is 42.5 Å². The molecule has 1 aliphatic heterocycles. The van der Waals surface area contributed by atoms with Crippen LogP contribution in [0.5, 0.6) is 0 Å². The van der Waals surface area contributed by atoms with Crippen LogP contribution in [0.4, 0.5) is 5.69 Å². The quantitative estimate of drug-likeness (QED) is 0.701. The van der Waals surface area contributed by atoms with Crippen molar-refractivity contribution in [1.82, 2.24) is 4.98 Å². The van der Waals surface area contributed by atoms with Crippen molar-refractivity contribution < 1.29 is 4.79 Å². The zero-order valence-electron chi connectivity index (χ0n) is 13.0. The van der Waals surface area contributed by atoms with Crippen molar-refractivity contribution in [1.29, 1.82) is 0 Å². The van der Waals surface area contributed by atoms with E-state index in [-0.39, 0.29) is 11.9 Å². The number of nitrogens with zero attached hydrogens (tertiary/aromatic N) is 1. The molecule has 1 N–H and O–H groups in total. The van der Waals surface area contributed by atoms with Crippen LogP contribution in [0.1, 0.15) is 24.1 Å². The summed E-state index contributed by atoms with van der Waals surface area (Å²) in [5.74, 6) is 0.0349. The van der Waals surface area contributed by atoms with Crippen molar-refractivity contribution in [3.63, 3.8) is 0 Å². The van der Waals surface area contributed by atoms with Crippen molar-refractivity contribution in [2.45, 2.75) is 19.4 Å². The fraction of sp³-hybridized carbons (Fsp3) is 0.150. The highest BCUT2D eigenvalue weighted by atomic mass is 16.2. The first-order valence-electron chi connectivity index (χ1n) is 7.89. The molecule has 0 saturated heterocycles. The van der Waals surface area contributed by atoms with Gasteiger partial charge in [-0.05, 0) is 37.1 Å². The van der Waals surface area contributed by atoms with Gasteiger partial charge in [-0.15, -0.1) is 0 Å². The molecule has 4 rings (SSSR count). The Balaban J connectivity index is 1.86. The predicted octanol–water partition coefficient (Wildman–Crippen LogP) is 4.37. The molecule has 2 aromatic carbocycles. The molecule has 1 aliphatic rings. The lowest BCUT2D eigenvalue weighted by Crippen LogP contribution is -2.30. The molecular formula is C20H18N2O. The molecule has 1 aromatic heterocycles. The molecule has 23 heavy (non-hydrogen) atoms. The number of nitrogens with one attached hydrogen (secondary N) is 1. The van der Waals surface area contributed by atoms with Gasteiger partial charge in [0.05, 0.1) is 6.04 Å². The summed E-state index contributed by atoms with van der Waals surface area (Å²) in [6.45, 7) is 1.88. The van der Waals surface area contributed by atoms with E-state index < -0.39 is 0 Å². The molecule has 3 heteroatoms. The topological polar surface area (TPSA) is 36.1 Å². The maximum Gasteiger partial charge on any atom is 0.251 e. The molecule has 0 unspecified atom stereocenters. The number of fused-ring (bicyclic) bond motifs is 2. The number of rotatable bonds is 2. The van der Waals surface area contributed by atoms with Crippen molar-refractivity contribution in [2.24, 2.45) is 0 Å². The minimum absolute atomic E-state index is 0.0345. The Labute approximate surface area is 135 Å². The lowest BCUT2D eigenvalue weighted by Gasteiger charge is -2.24. The van der Waals surface area contributed by atoms with Crippen LogP contribution in [0.2, 0.25) is 0 Å². The number of carbonyl (C=O) groups excluding carboxylic acids is 1. The van der Waals surface area contributed by atoms with Gasteiger partial charge in [0.25, 0.3) is 5.91 Å². The molecule has 0 bridgehead atoms. The molecule has 0 saturated carbocycles. The highest BCUT2D eigenvalue weighted by molar-refractivity contribution is 6.04. The van der Waals surface area contributed by atoms with Gasteiger partial charge in [0.2, 0.25) is 0 Å². The van der Waals surface area contributed by atoms with Gasteiger partial charge in [-0.25, -0.2) is 0 Å². The Kier molecular flexibility index (Phi) is 3.27. The van der Waals surface area contributed by atoms with Gasteiger partial charge < -0.3 is 9.88 Å². The first-order valence-corrected chi connectivity index (χ1v) is 7.89. The Hall–Kier alpha value is -2.81. The molecule has 1 amide bonds. The number of hydrogen-bond donors (Lipinski definition) is 1. The Morgan fingerprint density at radius 1 is 1.17 bits per heavy atom.